The molecule has 0 N–H and O–H groups in total. The van der Waals surface area contributed by atoms with Gasteiger partial charge in [-0.2, -0.15) is 0 Å². The fraction of sp³-hybridized carbons (Fsp3) is 0.375. The van der Waals surface area contributed by atoms with Gasteiger partial charge < -0.3 is 14.2 Å². The van der Waals surface area contributed by atoms with Gasteiger partial charge in [-0.25, -0.2) is 0 Å². The summed E-state index contributed by atoms with van der Waals surface area (Å²) in [6, 6.07) is 3.35. The van der Waals surface area contributed by atoms with E-state index >= 15 is 0 Å². The fourth-order valence-corrected chi connectivity index (χ4v) is 3.33. The van der Waals surface area contributed by atoms with E-state index in [1.54, 1.807) is 25.3 Å². The van der Waals surface area contributed by atoms with E-state index in [0.29, 0.717) is 27.7 Å². The van der Waals surface area contributed by atoms with Crippen LogP contribution < -0.4 is 14.2 Å². The molecule has 1 aromatic carbocycles. The van der Waals surface area contributed by atoms with Crippen molar-refractivity contribution in [3.63, 3.8) is 0 Å². The number of ether oxygens (including phenoxy) is 3. The smallest absolute Gasteiger partial charge is 0.293 e. The van der Waals surface area contributed by atoms with Gasteiger partial charge in [-0.3, -0.25) is 14.5 Å². The quantitative estimate of drug-likeness (QED) is 0.787. The average molecular weight is 335 g/mol. The monoisotopic (exact) mass is 335 g/mol. The van der Waals surface area contributed by atoms with E-state index in [9.17, 15) is 9.59 Å². The summed E-state index contributed by atoms with van der Waals surface area (Å²) in [4.78, 5) is 26.2. The van der Waals surface area contributed by atoms with Crippen molar-refractivity contribution in [1.82, 2.24) is 4.90 Å². The van der Waals surface area contributed by atoms with Crippen LogP contribution in [0.15, 0.2) is 17.0 Å². The lowest BCUT2D eigenvalue weighted by molar-refractivity contribution is -0.124. The number of thioether (sulfide) groups is 1. The third-order valence-electron chi connectivity index (χ3n) is 3.87. The van der Waals surface area contributed by atoms with Gasteiger partial charge in [0.25, 0.3) is 11.1 Å². The molecule has 7 heteroatoms. The highest BCUT2D eigenvalue weighted by molar-refractivity contribution is 8.18. The van der Waals surface area contributed by atoms with Crippen molar-refractivity contribution in [3.8, 4) is 17.2 Å². The fourth-order valence-electron chi connectivity index (χ4n) is 2.41. The molecular weight excluding hydrogens is 318 g/mol. The van der Waals surface area contributed by atoms with Gasteiger partial charge in [-0.1, -0.05) is 6.92 Å². The maximum Gasteiger partial charge on any atom is 0.293 e. The van der Waals surface area contributed by atoms with Gasteiger partial charge in [0, 0.05) is 17.7 Å². The molecule has 23 heavy (non-hydrogen) atoms. The molecule has 6 nitrogen and oxygen atoms in total. The number of benzene rings is 1. The van der Waals surface area contributed by atoms with E-state index in [4.69, 9.17) is 14.2 Å². The van der Waals surface area contributed by atoms with Crippen LogP contribution in [-0.4, -0.2) is 36.0 Å². The minimum absolute atomic E-state index is 0.118. The Bertz CT molecular complexity index is 700. The van der Waals surface area contributed by atoms with E-state index < -0.39 is 0 Å². The standard InChI is InChI=1S/C16H17NO5S/c1-4-9(2)17-15(18)14(23-16(17)19)6-10-5-12-13(22-8-21-12)7-11(10)20-3/h5-7,9H,4,8H2,1-3H3/b14-6-/t9-/m0/s1. The topological polar surface area (TPSA) is 65.1 Å². The maximum atomic E-state index is 12.5. The molecule has 0 radical (unpaired) electrons. The summed E-state index contributed by atoms with van der Waals surface area (Å²) in [5.74, 6) is 1.49. The third kappa shape index (κ3) is 2.76. The summed E-state index contributed by atoms with van der Waals surface area (Å²) < 4.78 is 16.0. The molecule has 1 aromatic rings. The number of amides is 2. The van der Waals surface area contributed by atoms with Crippen LogP contribution in [0.4, 0.5) is 4.79 Å². The summed E-state index contributed by atoms with van der Waals surface area (Å²) in [6.07, 6.45) is 2.38. The van der Waals surface area contributed by atoms with Gasteiger partial charge in [-0.05, 0) is 37.2 Å². The number of hydrogen-bond acceptors (Lipinski definition) is 6. The normalized spacial score (nSPS) is 19.6. The molecule has 122 valence electrons. The van der Waals surface area contributed by atoms with Crippen molar-refractivity contribution in [2.24, 2.45) is 0 Å². The lowest BCUT2D eigenvalue weighted by Crippen LogP contribution is -2.36. The Kier molecular flexibility index (Phi) is 4.21. The number of rotatable bonds is 4. The molecule has 2 aliphatic rings. The van der Waals surface area contributed by atoms with E-state index in [2.05, 4.69) is 0 Å². The van der Waals surface area contributed by atoms with Crippen molar-refractivity contribution < 1.29 is 23.8 Å². The van der Waals surface area contributed by atoms with E-state index in [0.717, 1.165) is 18.2 Å². The largest absolute Gasteiger partial charge is 0.496 e. The second-order valence-corrected chi connectivity index (χ2v) is 6.25. The Labute approximate surface area is 138 Å². The first-order valence-corrected chi connectivity index (χ1v) is 8.11. The zero-order chi connectivity index (χ0) is 16.6. The van der Waals surface area contributed by atoms with Crippen LogP contribution >= 0.6 is 11.8 Å². The number of nitrogens with zero attached hydrogens (tertiary/aromatic N) is 1. The first kappa shape index (κ1) is 15.7. The van der Waals surface area contributed by atoms with Crippen molar-refractivity contribution in [3.05, 3.63) is 22.6 Å². The molecule has 0 saturated carbocycles. The number of carbonyl (C=O) groups excluding carboxylic acids is 2. The minimum Gasteiger partial charge on any atom is -0.496 e. The first-order valence-electron chi connectivity index (χ1n) is 7.29. The van der Waals surface area contributed by atoms with Crippen LogP contribution in [0.25, 0.3) is 6.08 Å². The molecule has 0 aromatic heterocycles. The second-order valence-electron chi connectivity index (χ2n) is 5.26. The maximum absolute atomic E-state index is 12.5. The molecule has 2 amide bonds. The number of fused-ring (bicyclic) bond motifs is 1. The Morgan fingerprint density at radius 2 is 2.04 bits per heavy atom. The van der Waals surface area contributed by atoms with Crippen molar-refractivity contribution in [1.29, 1.82) is 0 Å². The lowest BCUT2D eigenvalue weighted by Gasteiger charge is -2.19. The number of carbonyl (C=O) groups is 2. The molecule has 0 unspecified atom stereocenters. The molecule has 0 spiro atoms. The van der Waals surface area contributed by atoms with Crippen LogP contribution in [-0.2, 0) is 4.79 Å². The summed E-state index contributed by atoms with van der Waals surface area (Å²) in [6.45, 7) is 3.96. The Hall–Kier alpha value is -2.15. The SMILES string of the molecule is CC[C@H](C)N1C(=O)S/C(=C\c2cc3c(cc2OC)OCO3)C1=O. The zero-order valence-electron chi connectivity index (χ0n) is 13.1. The lowest BCUT2D eigenvalue weighted by atomic mass is 10.1. The summed E-state index contributed by atoms with van der Waals surface area (Å²) >= 11 is 0.944. The highest BCUT2D eigenvalue weighted by atomic mass is 32.2. The average Bonchev–Trinajstić information content (AvgIpc) is 3.10. The van der Waals surface area contributed by atoms with Crippen LogP contribution in [0.3, 0.4) is 0 Å². The minimum atomic E-state index is -0.269. The second kappa shape index (κ2) is 6.16. The van der Waals surface area contributed by atoms with Crippen molar-refractivity contribution >= 4 is 29.0 Å². The van der Waals surface area contributed by atoms with Crippen molar-refractivity contribution in [2.75, 3.05) is 13.9 Å². The van der Waals surface area contributed by atoms with Gasteiger partial charge >= 0.3 is 0 Å². The Morgan fingerprint density at radius 1 is 1.35 bits per heavy atom. The Balaban J connectivity index is 1.96. The summed E-state index contributed by atoms with van der Waals surface area (Å²) in [5, 5.41) is -0.240. The Morgan fingerprint density at radius 3 is 2.70 bits per heavy atom. The summed E-state index contributed by atoms with van der Waals surface area (Å²) in [7, 11) is 1.54. The summed E-state index contributed by atoms with van der Waals surface area (Å²) in [5.41, 5.74) is 0.673. The van der Waals surface area contributed by atoms with Crippen LogP contribution in [0.5, 0.6) is 17.2 Å². The third-order valence-corrected chi connectivity index (χ3v) is 4.75. The highest BCUT2D eigenvalue weighted by Crippen LogP contribution is 2.41. The van der Waals surface area contributed by atoms with Crippen LogP contribution in [0.1, 0.15) is 25.8 Å². The number of methoxy groups -OCH3 is 1. The predicted octanol–water partition coefficient (Wildman–Crippen LogP) is 3.26. The van der Waals surface area contributed by atoms with Crippen LogP contribution in [0, 0.1) is 0 Å². The molecule has 1 atom stereocenters. The van der Waals surface area contributed by atoms with Gasteiger partial charge in [0.2, 0.25) is 6.79 Å². The van der Waals surface area contributed by atoms with Gasteiger partial charge in [0.15, 0.2) is 11.5 Å². The molecule has 0 bridgehead atoms. The van der Waals surface area contributed by atoms with Crippen LogP contribution in [0.2, 0.25) is 0 Å². The predicted molar refractivity (Wildman–Crippen MR) is 86.7 cm³/mol. The molecular formula is C16H17NO5S. The van der Waals surface area contributed by atoms with E-state index in [1.807, 2.05) is 13.8 Å². The van der Waals surface area contributed by atoms with E-state index in [1.165, 1.54) is 4.90 Å². The van der Waals surface area contributed by atoms with E-state index in [-0.39, 0.29) is 24.0 Å². The molecule has 2 aliphatic heterocycles. The molecule has 2 heterocycles. The van der Waals surface area contributed by atoms with Gasteiger partial charge in [0.1, 0.15) is 5.75 Å². The molecule has 0 aliphatic carbocycles. The van der Waals surface area contributed by atoms with Gasteiger partial charge in [0.05, 0.1) is 12.0 Å². The molecule has 1 fully saturated rings. The van der Waals surface area contributed by atoms with Crippen molar-refractivity contribution in [2.45, 2.75) is 26.3 Å². The zero-order valence-corrected chi connectivity index (χ0v) is 13.9. The molecule has 3 rings (SSSR count). The number of imide groups is 1. The number of hydrogen-bond donors (Lipinski definition) is 0. The first-order chi connectivity index (χ1) is 11.0. The highest BCUT2D eigenvalue weighted by Gasteiger charge is 2.37. The molecule has 1 saturated heterocycles. The van der Waals surface area contributed by atoms with Gasteiger partial charge in [-0.15, -0.1) is 0 Å².